The molecular weight excluding hydrogens is 325 g/mol. The van der Waals surface area contributed by atoms with Gasteiger partial charge in [-0.15, -0.1) is 0 Å². The van der Waals surface area contributed by atoms with E-state index < -0.39 is 0 Å². The van der Waals surface area contributed by atoms with Gasteiger partial charge in [0.2, 0.25) is 5.28 Å². The van der Waals surface area contributed by atoms with Crippen molar-refractivity contribution in [1.82, 2.24) is 9.97 Å². The van der Waals surface area contributed by atoms with Gasteiger partial charge in [0, 0.05) is 16.9 Å². The van der Waals surface area contributed by atoms with Crippen molar-refractivity contribution < 1.29 is 0 Å². The van der Waals surface area contributed by atoms with Crippen LogP contribution in [-0.2, 0) is 0 Å². The molecule has 1 N–H and O–H groups in total. The molecule has 1 aromatic heterocycles. The fourth-order valence-electron chi connectivity index (χ4n) is 1.29. The third-order valence-electron chi connectivity index (χ3n) is 2.17. The number of hydrogen-bond donors (Lipinski definition) is 1. The zero-order valence-corrected chi connectivity index (χ0v) is 11.9. The number of aryl methyl sites for hydroxylation is 1. The van der Waals surface area contributed by atoms with Gasteiger partial charge in [-0.25, -0.2) is 4.98 Å². The standard InChI is InChI=1S/C11H8BrCl2N3/c1-6-2-3-7(13)4-9(6)16-10-8(12)5-15-11(14)17-10/h2-5H,1H3,(H,15,16,17). The number of anilines is 2. The molecule has 0 aliphatic rings. The van der Waals surface area contributed by atoms with Gasteiger partial charge in [0.15, 0.2) is 0 Å². The highest BCUT2D eigenvalue weighted by molar-refractivity contribution is 9.10. The average molecular weight is 333 g/mol. The molecule has 0 aliphatic carbocycles. The maximum absolute atomic E-state index is 5.94. The monoisotopic (exact) mass is 331 g/mol. The van der Waals surface area contributed by atoms with E-state index in [1.54, 1.807) is 6.20 Å². The predicted octanol–water partition coefficient (Wildman–Crippen LogP) is 4.60. The van der Waals surface area contributed by atoms with E-state index in [9.17, 15) is 0 Å². The summed E-state index contributed by atoms with van der Waals surface area (Å²) in [6, 6.07) is 5.60. The summed E-state index contributed by atoms with van der Waals surface area (Å²) < 4.78 is 0.737. The lowest BCUT2D eigenvalue weighted by atomic mass is 10.2. The highest BCUT2D eigenvalue weighted by Crippen LogP contribution is 2.27. The van der Waals surface area contributed by atoms with E-state index in [4.69, 9.17) is 23.2 Å². The number of halogens is 3. The van der Waals surface area contributed by atoms with Crippen LogP contribution in [0.1, 0.15) is 5.56 Å². The molecule has 0 atom stereocenters. The molecule has 0 unspecified atom stereocenters. The second kappa shape index (κ2) is 5.21. The maximum atomic E-state index is 5.94. The first-order valence-electron chi connectivity index (χ1n) is 4.77. The van der Waals surface area contributed by atoms with E-state index in [0.29, 0.717) is 10.8 Å². The summed E-state index contributed by atoms with van der Waals surface area (Å²) in [4.78, 5) is 7.95. The van der Waals surface area contributed by atoms with Crippen LogP contribution in [0.3, 0.4) is 0 Å². The van der Waals surface area contributed by atoms with E-state index in [1.807, 2.05) is 25.1 Å². The summed E-state index contributed by atoms with van der Waals surface area (Å²) in [5.74, 6) is 0.607. The van der Waals surface area contributed by atoms with E-state index in [-0.39, 0.29) is 5.28 Å². The van der Waals surface area contributed by atoms with Crippen LogP contribution in [0, 0.1) is 6.92 Å². The van der Waals surface area contributed by atoms with Crippen LogP contribution >= 0.6 is 39.1 Å². The summed E-state index contributed by atoms with van der Waals surface area (Å²) in [5.41, 5.74) is 1.95. The summed E-state index contributed by atoms with van der Waals surface area (Å²) in [6.07, 6.45) is 1.59. The van der Waals surface area contributed by atoms with Crippen LogP contribution in [0.15, 0.2) is 28.9 Å². The van der Waals surface area contributed by atoms with Crippen molar-refractivity contribution in [3.63, 3.8) is 0 Å². The van der Waals surface area contributed by atoms with Gasteiger partial charge in [0.05, 0.1) is 4.47 Å². The van der Waals surface area contributed by atoms with Crippen LogP contribution in [-0.4, -0.2) is 9.97 Å². The Bertz CT molecular complexity index is 511. The van der Waals surface area contributed by atoms with Gasteiger partial charge in [0.1, 0.15) is 5.82 Å². The van der Waals surface area contributed by atoms with Crippen LogP contribution in [0.5, 0.6) is 0 Å². The number of rotatable bonds is 2. The Hall–Kier alpha value is -0.840. The SMILES string of the molecule is Cc1ccc(Cl)cc1Nc1nc(Cl)ncc1Br. The zero-order valence-electron chi connectivity index (χ0n) is 8.84. The fourth-order valence-corrected chi connectivity index (χ4v) is 1.89. The highest BCUT2D eigenvalue weighted by Gasteiger charge is 2.06. The molecule has 1 heterocycles. The number of aromatic nitrogens is 2. The molecule has 0 aliphatic heterocycles. The molecule has 1 aromatic carbocycles. The van der Waals surface area contributed by atoms with Crippen LogP contribution in [0.4, 0.5) is 11.5 Å². The second-order valence-corrected chi connectivity index (χ2v) is 5.05. The van der Waals surface area contributed by atoms with Gasteiger partial charge >= 0.3 is 0 Å². The smallest absolute Gasteiger partial charge is 0.224 e. The van der Waals surface area contributed by atoms with Gasteiger partial charge in [0.25, 0.3) is 0 Å². The molecule has 0 fully saturated rings. The van der Waals surface area contributed by atoms with Crippen LogP contribution in [0.25, 0.3) is 0 Å². The Kier molecular flexibility index (Phi) is 3.86. The minimum absolute atomic E-state index is 0.190. The lowest BCUT2D eigenvalue weighted by molar-refractivity contribution is 1.15. The third-order valence-corrected chi connectivity index (χ3v) is 3.16. The molecule has 2 rings (SSSR count). The largest absolute Gasteiger partial charge is 0.339 e. The number of benzene rings is 1. The molecule has 0 amide bonds. The fraction of sp³-hybridized carbons (Fsp3) is 0.0909. The molecule has 0 saturated heterocycles. The summed E-state index contributed by atoms with van der Waals surface area (Å²) in [5, 5.41) is 4.01. The first kappa shape index (κ1) is 12.6. The molecule has 0 saturated carbocycles. The number of hydrogen-bond acceptors (Lipinski definition) is 3. The van der Waals surface area contributed by atoms with Crippen molar-refractivity contribution in [1.29, 1.82) is 0 Å². The molecular formula is C11H8BrCl2N3. The minimum atomic E-state index is 0.190. The summed E-state index contributed by atoms with van der Waals surface area (Å²) in [7, 11) is 0. The van der Waals surface area contributed by atoms with Crippen LogP contribution in [0.2, 0.25) is 10.3 Å². The normalized spacial score (nSPS) is 10.4. The lowest BCUT2D eigenvalue weighted by Gasteiger charge is -2.10. The Morgan fingerprint density at radius 2 is 2.06 bits per heavy atom. The average Bonchev–Trinajstić information content (AvgIpc) is 2.28. The van der Waals surface area contributed by atoms with Crippen molar-refractivity contribution >= 4 is 50.6 Å². The lowest BCUT2D eigenvalue weighted by Crippen LogP contribution is -1.98. The molecule has 88 valence electrons. The molecule has 17 heavy (non-hydrogen) atoms. The van der Waals surface area contributed by atoms with Gasteiger partial charge < -0.3 is 5.32 Å². The molecule has 0 bridgehead atoms. The molecule has 2 aromatic rings. The second-order valence-electron chi connectivity index (χ2n) is 3.42. The van der Waals surface area contributed by atoms with E-state index in [2.05, 4.69) is 31.2 Å². The summed E-state index contributed by atoms with van der Waals surface area (Å²) >= 11 is 15.0. The van der Waals surface area contributed by atoms with E-state index in [1.165, 1.54) is 0 Å². The van der Waals surface area contributed by atoms with Crippen molar-refractivity contribution in [3.8, 4) is 0 Å². The number of nitrogens with one attached hydrogen (secondary N) is 1. The summed E-state index contributed by atoms with van der Waals surface area (Å²) in [6.45, 7) is 1.98. The van der Waals surface area contributed by atoms with Gasteiger partial charge in [-0.1, -0.05) is 17.7 Å². The Balaban J connectivity index is 2.37. The first-order chi connectivity index (χ1) is 8.06. The molecule has 3 nitrogen and oxygen atoms in total. The van der Waals surface area contributed by atoms with Gasteiger partial charge in [-0.05, 0) is 52.2 Å². The quantitative estimate of drug-likeness (QED) is 0.817. The Morgan fingerprint density at radius 3 is 2.82 bits per heavy atom. The van der Waals surface area contributed by atoms with Crippen LogP contribution < -0.4 is 5.32 Å². The maximum Gasteiger partial charge on any atom is 0.224 e. The van der Waals surface area contributed by atoms with Crippen molar-refractivity contribution in [2.24, 2.45) is 0 Å². The predicted molar refractivity (Wildman–Crippen MR) is 74.2 cm³/mol. The van der Waals surface area contributed by atoms with Crippen molar-refractivity contribution in [2.75, 3.05) is 5.32 Å². The van der Waals surface area contributed by atoms with E-state index in [0.717, 1.165) is 15.7 Å². The Morgan fingerprint density at radius 1 is 1.29 bits per heavy atom. The third kappa shape index (κ3) is 3.09. The first-order valence-corrected chi connectivity index (χ1v) is 6.32. The van der Waals surface area contributed by atoms with Gasteiger partial charge in [-0.2, -0.15) is 4.98 Å². The Labute approximate surface area is 117 Å². The number of nitrogens with zero attached hydrogens (tertiary/aromatic N) is 2. The highest BCUT2D eigenvalue weighted by atomic mass is 79.9. The minimum Gasteiger partial charge on any atom is -0.339 e. The molecule has 0 spiro atoms. The van der Waals surface area contributed by atoms with Crippen molar-refractivity contribution in [2.45, 2.75) is 6.92 Å². The topological polar surface area (TPSA) is 37.8 Å². The molecule has 0 radical (unpaired) electrons. The van der Waals surface area contributed by atoms with E-state index >= 15 is 0 Å². The van der Waals surface area contributed by atoms with Gasteiger partial charge in [-0.3, -0.25) is 0 Å². The molecule has 6 heteroatoms. The zero-order chi connectivity index (χ0) is 12.4. The van der Waals surface area contributed by atoms with Crippen molar-refractivity contribution in [3.05, 3.63) is 44.7 Å².